The van der Waals surface area contributed by atoms with Crippen LogP contribution in [0.2, 0.25) is 0 Å². The van der Waals surface area contributed by atoms with Gasteiger partial charge in [0.15, 0.2) is 18.5 Å². The Morgan fingerprint density at radius 1 is 0.889 bits per heavy atom. The summed E-state index contributed by atoms with van der Waals surface area (Å²) in [5.74, 6) is -2.75. The highest BCUT2D eigenvalue weighted by atomic mass is 16.6. The molecule has 0 aliphatic heterocycles. The average molecular weight is 384 g/mol. The van der Waals surface area contributed by atoms with Crippen LogP contribution in [0.25, 0.3) is 0 Å². The van der Waals surface area contributed by atoms with Gasteiger partial charge in [-0.25, -0.2) is 14.4 Å². The molecule has 0 bridgehead atoms. The summed E-state index contributed by atoms with van der Waals surface area (Å²) in [4.78, 5) is 46.1. The van der Waals surface area contributed by atoms with E-state index in [1.54, 1.807) is 0 Å². The van der Waals surface area contributed by atoms with Crippen molar-refractivity contribution in [3.63, 3.8) is 0 Å². The Morgan fingerprint density at radius 3 is 1.74 bits per heavy atom. The van der Waals surface area contributed by atoms with Crippen molar-refractivity contribution in [2.24, 2.45) is 0 Å². The van der Waals surface area contributed by atoms with Crippen LogP contribution < -0.4 is 0 Å². The van der Waals surface area contributed by atoms with E-state index in [9.17, 15) is 29.4 Å². The van der Waals surface area contributed by atoms with Crippen molar-refractivity contribution in [2.45, 2.75) is 45.2 Å². The number of hydrogen-bond donors (Lipinski definition) is 2. The van der Waals surface area contributed by atoms with Crippen LogP contribution in [-0.4, -0.2) is 65.4 Å². The third-order valence-electron chi connectivity index (χ3n) is 3.12. The van der Waals surface area contributed by atoms with Gasteiger partial charge in [-0.15, -0.1) is 0 Å². The first-order valence-electron chi connectivity index (χ1n) is 7.79. The molecule has 0 aromatic heterocycles. The smallest absolute Gasteiger partial charge is 0.333 e. The van der Waals surface area contributed by atoms with Gasteiger partial charge in [0, 0.05) is 16.7 Å². The highest BCUT2D eigenvalue weighted by molar-refractivity contribution is 5.88. The highest BCUT2D eigenvalue weighted by Crippen LogP contribution is 2.16. The van der Waals surface area contributed by atoms with Gasteiger partial charge in [-0.1, -0.05) is 19.7 Å². The number of rotatable bonds is 11. The maximum Gasteiger partial charge on any atom is 0.333 e. The number of aliphatic hydroxyl groups excluding tert-OH is 2. The van der Waals surface area contributed by atoms with Crippen LogP contribution >= 0.6 is 0 Å². The van der Waals surface area contributed by atoms with Gasteiger partial charge in [-0.05, 0) is 20.8 Å². The Balaban J connectivity index is 5.77. The lowest BCUT2D eigenvalue weighted by atomic mass is 10.0. The lowest BCUT2D eigenvalue weighted by molar-refractivity contribution is -0.186. The number of hydrogen-bond acceptors (Lipinski definition) is 9. The second kappa shape index (κ2) is 11.0. The lowest BCUT2D eigenvalue weighted by Crippen LogP contribution is -2.51. The summed E-state index contributed by atoms with van der Waals surface area (Å²) in [6.07, 6.45) is -7.22. The quantitative estimate of drug-likeness (QED) is 0.218. The van der Waals surface area contributed by atoms with Crippen molar-refractivity contribution in [2.75, 3.05) is 6.61 Å². The van der Waals surface area contributed by atoms with Gasteiger partial charge in [0.05, 0.1) is 0 Å². The summed E-state index contributed by atoms with van der Waals surface area (Å²) in [6, 6.07) is 0. The summed E-state index contributed by atoms with van der Waals surface area (Å²) in [5, 5.41) is 19.7. The second-order valence-electron chi connectivity index (χ2n) is 5.87. The first-order valence-corrected chi connectivity index (χ1v) is 7.79. The monoisotopic (exact) mass is 384 g/mol. The van der Waals surface area contributed by atoms with E-state index in [1.165, 1.54) is 20.8 Å². The van der Waals surface area contributed by atoms with Gasteiger partial charge in [-0.3, -0.25) is 0 Å². The minimum Gasteiger partial charge on any atom is -0.458 e. The summed E-state index contributed by atoms with van der Waals surface area (Å²) in [6.45, 7) is 13.5. The predicted octanol–water partition coefficient (Wildman–Crippen LogP) is 0.00220. The highest BCUT2D eigenvalue weighted by Gasteiger charge is 2.39. The molecule has 0 aliphatic carbocycles. The van der Waals surface area contributed by atoms with Crippen molar-refractivity contribution in [1.29, 1.82) is 0 Å². The summed E-state index contributed by atoms with van der Waals surface area (Å²) in [7, 11) is 0. The Hall–Kier alpha value is -2.78. The second-order valence-corrected chi connectivity index (χ2v) is 5.87. The third-order valence-corrected chi connectivity index (χ3v) is 3.12. The summed E-state index contributed by atoms with van der Waals surface area (Å²) < 4.78 is 15.0. The van der Waals surface area contributed by atoms with Crippen LogP contribution in [0.5, 0.6) is 0 Å². The minimum absolute atomic E-state index is 0.00377. The molecule has 0 amide bonds. The molecule has 0 saturated carbocycles. The van der Waals surface area contributed by atoms with Crippen LogP contribution in [-0.2, 0) is 33.4 Å². The van der Waals surface area contributed by atoms with E-state index >= 15 is 0 Å². The van der Waals surface area contributed by atoms with E-state index in [-0.39, 0.29) is 23.0 Å². The number of ether oxygens (including phenoxy) is 3. The largest absolute Gasteiger partial charge is 0.458 e. The van der Waals surface area contributed by atoms with Gasteiger partial charge >= 0.3 is 17.9 Å². The van der Waals surface area contributed by atoms with E-state index < -0.39 is 48.9 Å². The molecule has 0 aromatic carbocycles. The molecule has 0 radical (unpaired) electrons. The Kier molecular flexibility index (Phi) is 9.91. The number of esters is 3. The van der Waals surface area contributed by atoms with E-state index in [4.69, 9.17) is 14.2 Å². The van der Waals surface area contributed by atoms with Crippen LogP contribution in [0.1, 0.15) is 20.8 Å². The Morgan fingerprint density at radius 2 is 1.33 bits per heavy atom. The fourth-order valence-corrected chi connectivity index (χ4v) is 1.58. The van der Waals surface area contributed by atoms with E-state index in [0.717, 1.165) is 0 Å². The van der Waals surface area contributed by atoms with Crippen molar-refractivity contribution in [3.8, 4) is 0 Å². The normalized spacial score (nSPS) is 14.7. The molecule has 2 N–H and O–H groups in total. The van der Waals surface area contributed by atoms with E-state index in [2.05, 4.69) is 19.7 Å². The molecule has 150 valence electrons. The molecule has 0 fully saturated rings. The molecule has 9 heteroatoms. The molecular formula is C18H24O9. The molecule has 0 aliphatic rings. The lowest BCUT2D eigenvalue weighted by Gasteiger charge is -2.31. The first-order chi connectivity index (χ1) is 12.4. The topological polar surface area (TPSA) is 136 Å². The molecule has 9 nitrogen and oxygen atoms in total. The number of aldehydes is 1. The van der Waals surface area contributed by atoms with Crippen LogP contribution in [0.3, 0.4) is 0 Å². The first kappa shape index (κ1) is 24.2. The molecule has 0 saturated heterocycles. The zero-order chi connectivity index (χ0) is 21.3. The molecule has 0 unspecified atom stereocenters. The Labute approximate surface area is 156 Å². The fraction of sp³-hybridized carbons (Fsp3) is 0.444. The molecule has 0 spiro atoms. The van der Waals surface area contributed by atoms with Crippen molar-refractivity contribution < 1.29 is 43.6 Å². The van der Waals surface area contributed by atoms with Crippen molar-refractivity contribution in [3.05, 3.63) is 36.5 Å². The van der Waals surface area contributed by atoms with Crippen LogP contribution in [0.4, 0.5) is 0 Å². The number of carbonyl (C=O) groups is 4. The maximum atomic E-state index is 11.9. The van der Waals surface area contributed by atoms with Gasteiger partial charge in [0.2, 0.25) is 0 Å². The van der Waals surface area contributed by atoms with Crippen molar-refractivity contribution >= 4 is 24.2 Å². The minimum atomic E-state index is -1.97. The van der Waals surface area contributed by atoms with Gasteiger partial charge < -0.3 is 29.2 Å². The zero-order valence-electron chi connectivity index (χ0n) is 15.5. The molecule has 4 atom stereocenters. The zero-order valence-corrected chi connectivity index (χ0v) is 15.5. The Bertz CT molecular complexity index is 635. The average Bonchev–Trinajstić information content (AvgIpc) is 2.60. The third kappa shape index (κ3) is 7.97. The molecular weight excluding hydrogens is 360 g/mol. The summed E-state index contributed by atoms with van der Waals surface area (Å²) >= 11 is 0. The van der Waals surface area contributed by atoms with Gasteiger partial charge in [0.25, 0.3) is 0 Å². The molecule has 0 aromatic rings. The predicted molar refractivity (Wildman–Crippen MR) is 93.2 cm³/mol. The van der Waals surface area contributed by atoms with Gasteiger partial charge in [0.1, 0.15) is 18.8 Å². The fourth-order valence-electron chi connectivity index (χ4n) is 1.58. The standard InChI is InChI=1S/C18H24O9/c1-9(2)16(22)25-8-13(26-17(23)10(3)4)15(14(21)12(20)7-19)27-18(24)11(5)6/h7,12-15,20-21H,1,3,5,8H2,2,4,6H3/t12-,13+,14+,15+/m0/s1. The van der Waals surface area contributed by atoms with Crippen LogP contribution in [0, 0.1) is 0 Å². The molecule has 0 rings (SSSR count). The number of aliphatic hydroxyl groups is 2. The molecule has 0 heterocycles. The summed E-state index contributed by atoms with van der Waals surface area (Å²) in [5.41, 5.74) is -0.0396. The van der Waals surface area contributed by atoms with E-state index in [1.807, 2.05) is 0 Å². The van der Waals surface area contributed by atoms with Gasteiger partial charge in [-0.2, -0.15) is 0 Å². The SMILES string of the molecule is C=C(C)C(=O)OC[C@@H](OC(=O)C(=C)C)[C@@H](OC(=O)C(=C)C)[C@H](O)[C@@H](O)C=O. The van der Waals surface area contributed by atoms with Crippen molar-refractivity contribution in [1.82, 2.24) is 0 Å². The van der Waals surface area contributed by atoms with Crippen LogP contribution in [0.15, 0.2) is 36.5 Å². The van der Waals surface area contributed by atoms with E-state index in [0.29, 0.717) is 0 Å². The maximum absolute atomic E-state index is 11.9. The number of carbonyl (C=O) groups excluding carboxylic acids is 4. The molecule has 27 heavy (non-hydrogen) atoms.